The Labute approximate surface area is 128 Å². The lowest BCUT2D eigenvalue weighted by molar-refractivity contribution is 0.306. The van der Waals surface area contributed by atoms with Crippen molar-refractivity contribution in [3.63, 3.8) is 0 Å². The maximum Gasteiger partial charge on any atom is 0.129 e. The SMILES string of the molecule is C=C(/C=C/C(C)C)N(Cc1ccc(Cl)nc1)CC(C)C. The standard InChI is InChI=1S/C17H25ClN2/c1-13(2)6-7-15(5)20(11-14(3)4)12-16-8-9-17(18)19-10-16/h6-10,13-14H,5,11-12H2,1-4H3/b7-6+. The summed E-state index contributed by atoms with van der Waals surface area (Å²) in [6.45, 7) is 14.7. The summed E-state index contributed by atoms with van der Waals surface area (Å²) in [5, 5.41) is 0.530. The smallest absolute Gasteiger partial charge is 0.129 e. The molecule has 0 atom stereocenters. The van der Waals surface area contributed by atoms with Crippen molar-refractivity contribution in [3.05, 3.63) is 53.5 Å². The van der Waals surface area contributed by atoms with E-state index in [-0.39, 0.29) is 0 Å². The summed E-state index contributed by atoms with van der Waals surface area (Å²) in [5.74, 6) is 1.12. The van der Waals surface area contributed by atoms with Gasteiger partial charge in [0.1, 0.15) is 5.15 Å². The zero-order chi connectivity index (χ0) is 15.1. The first-order chi connectivity index (χ1) is 9.38. The molecule has 1 heterocycles. The topological polar surface area (TPSA) is 16.1 Å². The zero-order valence-corrected chi connectivity index (χ0v) is 13.7. The van der Waals surface area contributed by atoms with Gasteiger partial charge in [-0.3, -0.25) is 0 Å². The van der Waals surface area contributed by atoms with Crippen LogP contribution in [0.2, 0.25) is 5.15 Å². The molecule has 0 saturated carbocycles. The Morgan fingerprint density at radius 3 is 2.55 bits per heavy atom. The average Bonchev–Trinajstić information content (AvgIpc) is 2.37. The first kappa shape index (κ1) is 16.8. The molecule has 0 saturated heterocycles. The van der Waals surface area contributed by atoms with Crippen molar-refractivity contribution >= 4 is 11.6 Å². The van der Waals surface area contributed by atoms with Crippen LogP contribution in [0.3, 0.4) is 0 Å². The van der Waals surface area contributed by atoms with Crippen molar-refractivity contribution in [3.8, 4) is 0 Å². The summed E-state index contributed by atoms with van der Waals surface area (Å²) in [6, 6.07) is 3.85. The van der Waals surface area contributed by atoms with Gasteiger partial charge in [-0.25, -0.2) is 4.98 Å². The molecule has 0 radical (unpaired) electrons. The fraction of sp³-hybridized carbons (Fsp3) is 0.471. The van der Waals surface area contributed by atoms with Gasteiger partial charge in [-0.05, 0) is 29.5 Å². The second-order valence-corrected chi connectivity index (χ2v) is 6.25. The molecule has 1 aromatic rings. The maximum atomic E-state index is 5.83. The molecule has 1 rings (SSSR count). The van der Waals surface area contributed by atoms with Gasteiger partial charge in [0.25, 0.3) is 0 Å². The predicted molar refractivity (Wildman–Crippen MR) is 87.6 cm³/mol. The maximum absolute atomic E-state index is 5.83. The summed E-state index contributed by atoms with van der Waals surface area (Å²) in [5.41, 5.74) is 2.19. The first-order valence-electron chi connectivity index (χ1n) is 7.11. The fourth-order valence-electron chi connectivity index (χ4n) is 1.85. The van der Waals surface area contributed by atoms with Crippen LogP contribution < -0.4 is 0 Å². The van der Waals surface area contributed by atoms with Crippen molar-refractivity contribution in [1.82, 2.24) is 9.88 Å². The summed E-state index contributed by atoms with van der Waals surface area (Å²) in [4.78, 5) is 6.42. The van der Waals surface area contributed by atoms with E-state index in [1.54, 1.807) is 0 Å². The van der Waals surface area contributed by atoms with Crippen molar-refractivity contribution in [1.29, 1.82) is 0 Å². The highest BCUT2D eigenvalue weighted by Crippen LogP contribution is 2.15. The number of rotatable bonds is 7. The van der Waals surface area contributed by atoms with Gasteiger partial charge in [0.2, 0.25) is 0 Å². The minimum atomic E-state index is 0.530. The molecule has 0 N–H and O–H groups in total. The van der Waals surface area contributed by atoms with Gasteiger partial charge in [0.05, 0.1) is 0 Å². The van der Waals surface area contributed by atoms with Crippen LogP contribution in [0.4, 0.5) is 0 Å². The molecular formula is C17H25ClN2. The second-order valence-electron chi connectivity index (χ2n) is 5.86. The first-order valence-corrected chi connectivity index (χ1v) is 7.48. The summed E-state index contributed by atoms with van der Waals surface area (Å²) < 4.78 is 0. The minimum Gasteiger partial charge on any atom is -0.367 e. The Kier molecular flexibility index (Phi) is 6.80. The van der Waals surface area contributed by atoms with Gasteiger partial charge in [-0.1, -0.05) is 58.0 Å². The van der Waals surface area contributed by atoms with E-state index in [1.165, 1.54) is 0 Å². The van der Waals surface area contributed by atoms with Gasteiger partial charge >= 0.3 is 0 Å². The van der Waals surface area contributed by atoms with Crippen LogP contribution in [-0.4, -0.2) is 16.4 Å². The number of halogens is 1. The molecule has 3 heteroatoms. The molecule has 0 aliphatic rings. The molecule has 0 fully saturated rings. The molecule has 0 bridgehead atoms. The van der Waals surface area contributed by atoms with E-state index in [0.717, 1.165) is 24.4 Å². The van der Waals surface area contributed by atoms with Gasteiger partial charge in [0.15, 0.2) is 0 Å². The molecule has 0 unspecified atom stereocenters. The number of allylic oxidation sites excluding steroid dienone is 2. The highest BCUT2D eigenvalue weighted by Gasteiger charge is 2.09. The summed E-state index contributed by atoms with van der Waals surface area (Å²) >= 11 is 5.83. The van der Waals surface area contributed by atoms with Crippen LogP contribution >= 0.6 is 11.6 Å². The van der Waals surface area contributed by atoms with Crippen molar-refractivity contribution in [2.75, 3.05) is 6.54 Å². The number of aromatic nitrogens is 1. The van der Waals surface area contributed by atoms with E-state index < -0.39 is 0 Å². The lowest BCUT2D eigenvalue weighted by atomic mass is 10.1. The predicted octanol–water partition coefficient (Wildman–Crippen LogP) is 4.92. The average molecular weight is 293 g/mol. The van der Waals surface area contributed by atoms with Crippen molar-refractivity contribution in [2.45, 2.75) is 34.2 Å². The molecule has 0 aliphatic heterocycles. The quantitative estimate of drug-likeness (QED) is 0.524. The molecule has 110 valence electrons. The third kappa shape index (κ3) is 6.25. The van der Waals surface area contributed by atoms with E-state index in [4.69, 9.17) is 11.6 Å². The van der Waals surface area contributed by atoms with Crippen LogP contribution in [0, 0.1) is 11.8 Å². The summed E-state index contributed by atoms with van der Waals surface area (Å²) in [7, 11) is 0. The molecule has 0 amide bonds. The van der Waals surface area contributed by atoms with E-state index in [2.05, 4.69) is 56.3 Å². The molecule has 2 nitrogen and oxygen atoms in total. The molecule has 0 aliphatic carbocycles. The van der Waals surface area contributed by atoms with Crippen LogP contribution in [0.1, 0.15) is 33.3 Å². The van der Waals surface area contributed by atoms with Crippen LogP contribution in [-0.2, 0) is 6.54 Å². The lowest BCUT2D eigenvalue weighted by Gasteiger charge is -2.27. The largest absolute Gasteiger partial charge is 0.367 e. The third-order valence-electron chi connectivity index (χ3n) is 2.83. The second kappa shape index (κ2) is 8.11. The Morgan fingerprint density at radius 2 is 2.05 bits per heavy atom. The highest BCUT2D eigenvalue weighted by atomic mass is 35.5. The zero-order valence-electron chi connectivity index (χ0n) is 12.9. The number of pyridine rings is 1. The third-order valence-corrected chi connectivity index (χ3v) is 3.05. The molecular weight excluding hydrogens is 268 g/mol. The Morgan fingerprint density at radius 1 is 1.35 bits per heavy atom. The Bertz CT molecular complexity index is 447. The lowest BCUT2D eigenvalue weighted by Crippen LogP contribution is -2.25. The van der Waals surface area contributed by atoms with E-state index in [0.29, 0.717) is 17.0 Å². The van der Waals surface area contributed by atoms with Crippen LogP contribution in [0.15, 0.2) is 42.8 Å². The van der Waals surface area contributed by atoms with Gasteiger partial charge in [-0.2, -0.15) is 0 Å². The van der Waals surface area contributed by atoms with Crippen LogP contribution in [0.5, 0.6) is 0 Å². The normalized spacial score (nSPS) is 11.6. The van der Waals surface area contributed by atoms with Crippen LogP contribution in [0.25, 0.3) is 0 Å². The number of hydrogen-bond donors (Lipinski definition) is 0. The number of hydrogen-bond acceptors (Lipinski definition) is 2. The Hall–Kier alpha value is -1.28. The molecule has 1 aromatic heterocycles. The fourth-order valence-corrected chi connectivity index (χ4v) is 1.97. The monoisotopic (exact) mass is 292 g/mol. The number of nitrogens with zero attached hydrogens (tertiary/aromatic N) is 2. The molecule has 0 spiro atoms. The van der Waals surface area contributed by atoms with Gasteiger partial charge in [0, 0.05) is 25.0 Å². The minimum absolute atomic E-state index is 0.530. The van der Waals surface area contributed by atoms with Gasteiger partial charge in [-0.15, -0.1) is 0 Å². The van der Waals surface area contributed by atoms with Gasteiger partial charge < -0.3 is 4.90 Å². The van der Waals surface area contributed by atoms with E-state index >= 15 is 0 Å². The van der Waals surface area contributed by atoms with E-state index in [1.807, 2.05) is 18.3 Å². The molecule has 20 heavy (non-hydrogen) atoms. The van der Waals surface area contributed by atoms with Crippen molar-refractivity contribution < 1.29 is 0 Å². The van der Waals surface area contributed by atoms with Crippen molar-refractivity contribution in [2.24, 2.45) is 11.8 Å². The molecule has 0 aromatic carbocycles. The Balaban J connectivity index is 2.78. The summed E-state index contributed by atoms with van der Waals surface area (Å²) in [6.07, 6.45) is 6.11. The van der Waals surface area contributed by atoms with E-state index in [9.17, 15) is 0 Å². The highest BCUT2D eigenvalue weighted by molar-refractivity contribution is 6.29.